The van der Waals surface area contributed by atoms with Gasteiger partial charge in [-0.25, -0.2) is 0 Å². The second-order valence-corrected chi connectivity index (χ2v) is 4.14. The molecule has 0 heterocycles. The molecular formula is C12H15Cl2NO. The molecule has 0 aliphatic rings. The van der Waals surface area contributed by atoms with Crippen molar-refractivity contribution in [3.8, 4) is 5.75 Å². The molecule has 16 heavy (non-hydrogen) atoms. The van der Waals surface area contributed by atoms with Crippen molar-refractivity contribution in [1.82, 2.24) is 5.32 Å². The lowest BCUT2D eigenvalue weighted by atomic mass is 10.1. The second-order valence-electron chi connectivity index (χ2n) is 3.44. The van der Waals surface area contributed by atoms with Crippen LogP contribution in [0.1, 0.15) is 18.5 Å². The fraction of sp³-hybridized carbons (Fsp3) is 0.333. The minimum absolute atomic E-state index is 0.195. The number of hydrogen-bond donors (Lipinski definition) is 1. The molecule has 0 aliphatic carbocycles. The highest BCUT2D eigenvalue weighted by Gasteiger charge is 2.05. The lowest BCUT2D eigenvalue weighted by Gasteiger charge is -2.14. The number of benzene rings is 1. The standard InChI is InChI=1S/C12H15Cl2NO/c1-9(15-8-11(14)7-13)10-4-3-5-12(6-10)16-2/h3-7,9,15H,8H2,1-2H3/b11-7-/t9-/m1/s1. The molecule has 1 aromatic rings. The van der Waals surface area contributed by atoms with Gasteiger partial charge in [-0.05, 0) is 24.6 Å². The molecule has 0 aliphatic heterocycles. The van der Waals surface area contributed by atoms with Crippen LogP contribution >= 0.6 is 23.2 Å². The van der Waals surface area contributed by atoms with Crippen molar-refractivity contribution in [3.05, 3.63) is 40.4 Å². The SMILES string of the molecule is COc1cccc([C@@H](C)NC/C(Cl)=C/Cl)c1. The van der Waals surface area contributed by atoms with Gasteiger partial charge in [0.2, 0.25) is 0 Å². The van der Waals surface area contributed by atoms with Crippen LogP contribution in [0.2, 0.25) is 0 Å². The third kappa shape index (κ3) is 4.05. The Labute approximate surface area is 106 Å². The van der Waals surface area contributed by atoms with E-state index in [-0.39, 0.29) is 6.04 Å². The molecule has 0 saturated heterocycles. The highest BCUT2D eigenvalue weighted by atomic mass is 35.5. The first kappa shape index (κ1) is 13.4. The largest absolute Gasteiger partial charge is 0.497 e. The molecule has 1 N–H and O–H groups in total. The fourth-order valence-corrected chi connectivity index (χ4v) is 1.47. The molecule has 0 aromatic heterocycles. The summed E-state index contributed by atoms with van der Waals surface area (Å²) in [5, 5.41) is 3.85. The van der Waals surface area contributed by atoms with Crippen LogP contribution in [0.3, 0.4) is 0 Å². The Morgan fingerprint density at radius 2 is 2.31 bits per heavy atom. The molecule has 1 atom stereocenters. The Bertz CT molecular complexity index is 366. The molecule has 2 nitrogen and oxygen atoms in total. The van der Waals surface area contributed by atoms with E-state index in [1.54, 1.807) is 7.11 Å². The summed E-state index contributed by atoms with van der Waals surface area (Å²) in [4.78, 5) is 0. The molecule has 0 unspecified atom stereocenters. The van der Waals surface area contributed by atoms with Gasteiger partial charge in [-0.2, -0.15) is 0 Å². The molecule has 1 rings (SSSR count). The molecule has 0 amide bonds. The summed E-state index contributed by atoms with van der Waals surface area (Å²) in [6, 6.07) is 8.11. The van der Waals surface area contributed by atoms with Gasteiger partial charge in [0.25, 0.3) is 0 Å². The maximum Gasteiger partial charge on any atom is 0.119 e. The van der Waals surface area contributed by atoms with E-state index in [0.29, 0.717) is 11.6 Å². The van der Waals surface area contributed by atoms with E-state index in [1.807, 2.05) is 24.3 Å². The van der Waals surface area contributed by atoms with Crippen molar-refractivity contribution in [2.24, 2.45) is 0 Å². The van der Waals surface area contributed by atoms with E-state index in [9.17, 15) is 0 Å². The monoisotopic (exact) mass is 259 g/mol. The normalized spacial score (nSPS) is 13.6. The van der Waals surface area contributed by atoms with Crippen molar-refractivity contribution in [2.75, 3.05) is 13.7 Å². The Balaban J connectivity index is 2.61. The van der Waals surface area contributed by atoms with Gasteiger partial charge in [0.1, 0.15) is 5.75 Å². The smallest absolute Gasteiger partial charge is 0.119 e. The third-order valence-electron chi connectivity index (χ3n) is 2.29. The average Bonchev–Trinajstić information content (AvgIpc) is 2.35. The Morgan fingerprint density at radius 3 is 2.94 bits per heavy atom. The number of halogens is 2. The summed E-state index contributed by atoms with van der Waals surface area (Å²) < 4.78 is 5.17. The van der Waals surface area contributed by atoms with E-state index in [1.165, 1.54) is 5.54 Å². The lowest BCUT2D eigenvalue weighted by molar-refractivity contribution is 0.413. The van der Waals surface area contributed by atoms with Crippen LogP contribution in [0.4, 0.5) is 0 Å². The Kier molecular flexibility index (Phi) is 5.67. The van der Waals surface area contributed by atoms with Crippen molar-refractivity contribution in [2.45, 2.75) is 13.0 Å². The maximum atomic E-state index is 5.80. The van der Waals surface area contributed by atoms with Crippen LogP contribution in [0, 0.1) is 0 Å². The van der Waals surface area contributed by atoms with Gasteiger partial charge in [0.05, 0.1) is 7.11 Å². The summed E-state index contributed by atoms with van der Waals surface area (Å²) in [7, 11) is 1.66. The lowest BCUT2D eigenvalue weighted by Crippen LogP contribution is -2.19. The fourth-order valence-electron chi connectivity index (χ4n) is 1.32. The summed E-state index contributed by atoms with van der Waals surface area (Å²) >= 11 is 11.3. The number of rotatable bonds is 5. The molecular weight excluding hydrogens is 245 g/mol. The van der Waals surface area contributed by atoms with E-state index < -0.39 is 0 Å². The number of ether oxygens (including phenoxy) is 1. The zero-order valence-electron chi connectivity index (χ0n) is 9.34. The van der Waals surface area contributed by atoms with Crippen molar-refractivity contribution in [3.63, 3.8) is 0 Å². The van der Waals surface area contributed by atoms with Gasteiger partial charge in [0.15, 0.2) is 0 Å². The van der Waals surface area contributed by atoms with Crippen LogP contribution in [0.25, 0.3) is 0 Å². The first-order chi connectivity index (χ1) is 7.67. The van der Waals surface area contributed by atoms with E-state index >= 15 is 0 Å². The van der Waals surface area contributed by atoms with Gasteiger partial charge in [-0.1, -0.05) is 35.3 Å². The van der Waals surface area contributed by atoms with Crippen LogP contribution in [-0.4, -0.2) is 13.7 Å². The first-order valence-electron chi connectivity index (χ1n) is 4.99. The average molecular weight is 260 g/mol. The summed E-state index contributed by atoms with van der Waals surface area (Å²) in [5.41, 5.74) is 2.52. The van der Waals surface area contributed by atoms with Gasteiger partial charge in [-0.15, -0.1) is 0 Å². The molecule has 88 valence electrons. The summed E-state index contributed by atoms with van der Waals surface area (Å²) in [6.45, 7) is 2.62. The molecule has 1 aromatic carbocycles. The molecule has 0 saturated carbocycles. The zero-order valence-corrected chi connectivity index (χ0v) is 10.8. The van der Waals surface area contributed by atoms with Gasteiger partial charge in [-0.3, -0.25) is 0 Å². The van der Waals surface area contributed by atoms with E-state index in [4.69, 9.17) is 27.9 Å². The van der Waals surface area contributed by atoms with Gasteiger partial charge < -0.3 is 10.1 Å². The van der Waals surface area contributed by atoms with Gasteiger partial charge in [0, 0.05) is 23.2 Å². The van der Waals surface area contributed by atoms with Gasteiger partial charge >= 0.3 is 0 Å². The number of nitrogens with one attached hydrogen (secondary N) is 1. The quantitative estimate of drug-likeness (QED) is 0.872. The molecule has 0 fully saturated rings. The summed E-state index contributed by atoms with van der Waals surface area (Å²) in [6.07, 6.45) is 0. The first-order valence-corrected chi connectivity index (χ1v) is 5.81. The minimum Gasteiger partial charge on any atom is -0.497 e. The highest BCUT2D eigenvalue weighted by Crippen LogP contribution is 2.19. The zero-order chi connectivity index (χ0) is 12.0. The minimum atomic E-state index is 0.195. The van der Waals surface area contributed by atoms with Crippen molar-refractivity contribution >= 4 is 23.2 Å². The predicted octanol–water partition coefficient (Wildman–Crippen LogP) is 3.66. The topological polar surface area (TPSA) is 21.3 Å². The molecule has 0 bridgehead atoms. The van der Waals surface area contributed by atoms with Crippen LogP contribution < -0.4 is 10.1 Å². The van der Waals surface area contributed by atoms with Crippen molar-refractivity contribution < 1.29 is 4.74 Å². The predicted molar refractivity (Wildman–Crippen MR) is 69.2 cm³/mol. The second kappa shape index (κ2) is 6.79. The van der Waals surface area contributed by atoms with Crippen LogP contribution in [0.15, 0.2) is 34.8 Å². The van der Waals surface area contributed by atoms with Crippen LogP contribution in [-0.2, 0) is 0 Å². The Hall–Kier alpha value is -0.700. The summed E-state index contributed by atoms with van der Waals surface area (Å²) in [5.74, 6) is 0.852. The third-order valence-corrected chi connectivity index (χ3v) is 2.91. The van der Waals surface area contributed by atoms with Crippen LogP contribution in [0.5, 0.6) is 5.75 Å². The Morgan fingerprint density at radius 1 is 1.56 bits per heavy atom. The van der Waals surface area contributed by atoms with E-state index in [0.717, 1.165) is 11.3 Å². The van der Waals surface area contributed by atoms with Crippen molar-refractivity contribution in [1.29, 1.82) is 0 Å². The maximum absolute atomic E-state index is 5.80. The number of hydrogen-bond acceptors (Lipinski definition) is 2. The number of methoxy groups -OCH3 is 1. The van der Waals surface area contributed by atoms with E-state index in [2.05, 4.69) is 12.2 Å². The highest BCUT2D eigenvalue weighted by molar-refractivity contribution is 6.36. The molecule has 4 heteroatoms. The molecule has 0 radical (unpaired) electrons. The molecule has 0 spiro atoms.